The average Bonchev–Trinajstić information content (AvgIpc) is 3.54. The number of aryl methyl sites for hydroxylation is 1. The van der Waals surface area contributed by atoms with E-state index in [0.717, 1.165) is 0 Å². The normalized spacial score (nSPS) is 15.2. The lowest BCUT2D eigenvalue weighted by molar-refractivity contribution is 0.0987. The van der Waals surface area contributed by atoms with Crippen LogP contribution in [0.25, 0.3) is 11.0 Å². The van der Waals surface area contributed by atoms with E-state index in [9.17, 15) is 18.7 Å². The Labute approximate surface area is 205 Å². The minimum atomic E-state index is -0.891. The predicted octanol–water partition coefficient (Wildman–Crippen LogP) is 3.81. The Morgan fingerprint density at radius 1 is 1.14 bits per heavy atom. The summed E-state index contributed by atoms with van der Waals surface area (Å²) < 4.78 is 43.0. The molecule has 1 amide bonds. The van der Waals surface area contributed by atoms with Gasteiger partial charge in [-0.15, -0.1) is 0 Å². The van der Waals surface area contributed by atoms with Crippen molar-refractivity contribution in [3.8, 4) is 0 Å². The summed E-state index contributed by atoms with van der Waals surface area (Å²) in [6.07, 6.45) is 1.74. The van der Waals surface area contributed by atoms with E-state index >= 15 is 4.39 Å². The number of carbonyl (C=O) groups excluding carboxylic acids is 1. The average molecular weight is 499 g/mol. The SMILES string of the molecule is Cn1nc2c(c1CO)C(c1ccc(N(CCF)CCCF)cc1F)N(c1ccc3nc[nH]c3c1)C2=O. The van der Waals surface area contributed by atoms with Crippen molar-refractivity contribution in [3.63, 3.8) is 0 Å². The van der Waals surface area contributed by atoms with Gasteiger partial charge in [-0.05, 0) is 36.8 Å². The minimum Gasteiger partial charge on any atom is -0.390 e. The molecular weight excluding hydrogens is 473 g/mol. The van der Waals surface area contributed by atoms with Crippen LogP contribution in [-0.4, -0.2) is 57.2 Å². The quantitative estimate of drug-likeness (QED) is 0.366. The zero-order chi connectivity index (χ0) is 25.4. The molecule has 0 bridgehead atoms. The summed E-state index contributed by atoms with van der Waals surface area (Å²) in [4.78, 5) is 23.8. The van der Waals surface area contributed by atoms with Gasteiger partial charge in [0.1, 0.15) is 12.5 Å². The Kier molecular flexibility index (Phi) is 6.40. The highest BCUT2D eigenvalue weighted by Crippen LogP contribution is 2.44. The van der Waals surface area contributed by atoms with Crippen molar-refractivity contribution in [2.24, 2.45) is 7.05 Å². The number of carbonyl (C=O) groups is 1. The maximum absolute atomic E-state index is 15.7. The highest BCUT2D eigenvalue weighted by molar-refractivity contribution is 6.11. The first-order valence-electron chi connectivity index (χ1n) is 11.6. The second kappa shape index (κ2) is 9.65. The molecule has 2 N–H and O–H groups in total. The topological polar surface area (TPSA) is 90.3 Å². The molecule has 2 aromatic heterocycles. The van der Waals surface area contributed by atoms with Gasteiger partial charge in [0.2, 0.25) is 0 Å². The number of nitrogens with one attached hydrogen (secondary N) is 1. The molecule has 0 saturated heterocycles. The number of amides is 1. The number of imidazole rings is 1. The Morgan fingerprint density at radius 3 is 2.69 bits per heavy atom. The molecule has 0 aliphatic carbocycles. The molecule has 36 heavy (non-hydrogen) atoms. The molecule has 1 aliphatic heterocycles. The van der Waals surface area contributed by atoms with Crippen molar-refractivity contribution in [1.82, 2.24) is 19.7 Å². The van der Waals surface area contributed by atoms with E-state index in [4.69, 9.17) is 0 Å². The smallest absolute Gasteiger partial charge is 0.280 e. The van der Waals surface area contributed by atoms with Crippen LogP contribution in [0.5, 0.6) is 0 Å². The van der Waals surface area contributed by atoms with E-state index in [0.29, 0.717) is 33.7 Å². The third-order valence-corrected chi connectivity index (χ3v) is 6.55. The predicted molar refractivity (Wildman–Crippen MR) is 129 cm³/mol. The number of hydrogen-bond acceptors (Lipinski definition) is 5. The molecule has 0 spiro atoms. The fourth-order valence-electron chi connectivity index (χ4n) is 4.86. The fraction of sp³-hybridized carbons (Fsp3) is 0.320. The molecule has 3 heterocycles. The van der Waals surface area contributed by atoms with Crippen LogP contribution in [0.15, 0.2) is 42.7 Å². The number of alkyl halides is 2. The van der Waals surface area contributed by atoms with Crippen LogP contribution in [-0.2, 0) is 13.7 Å². The van der Waals surface area contributed by atoms with Crippen molar-refractivity contribution in [2.75, 3.05) is 36.2 Å². The number of aromatic amines is 1. The number of nitrogens with zero attached hydrogens (tertiary/aromatic N) is 5. The van der Waals surface area contributed by atoms with Crippen molar-refractivity contribution >= 4 is 28.3 Å². The van der Waals surface area contributed by atoms with Crippen LogP contribution in [0.4, 0.5) is 24.5 Å². The van der Waals surface area contributed by atoms with Crippen molar-refractivity contribution in [3.05, 3.63) is 71.1 Å². The molecule has 8 nitrogen and oxygen atoms in total. The minimum absolute atomic E-state index is 0.0123. The Bertz CT molecular complexity index is 1420. The zero-order valence-electron chi connectivity index (χ0n) is 19.6. The van der Waals surface area contributed by atoms with Gasteiger partial charge in [0, 0.05) is 42.6 Å². The zero-order valence-corrected chi connectivity index (χ0v) is 19.6. The maximum Gasteiger partial charge on any atom is 0.280 e. The molecule has 11 heteroatoms. The number of halogens is 3. The molecule has 0 saturated carbocycles. The number of aliphatic hydroxyl groups excluding tert-OH is 1. The van der Waals surface area contributed by atoms with Gasteiger partial charge in [-0.25, -0.2) is 13.8 Å². The third-order valence-electron chi connectivity index (χ3n) is 6.55. The summed E-state index contributed by atoms with van der Waals surface area (Å²) in [5, 5.41) is 14.4. The van der Waals surface area contributed by atoms with Gasteiger partial charge in [0.05, 0.1) is 42.4 Å². The standard InChI is InChI=1S/C25H25F3N6O2/c1-32-21(13-35)22-23(31-32)25(36)34(16-4-6-19-20(12-16)30-14-29-19)24(22)17-5-3-15(11-18(17)28)33(10-8-27)9-2-7-26/h3-6,11-12,14,24,35H,2,7-10,13H2,1H3,(H,29,30). The summed E-state index contributed by atoms with van der Waals surface area (Å²) >= 11 is 0. The van der Waals surface area contributed by atoms with Crippen molar-refractivity contribution < 1.29 is 23.1 Å². The van der Waals surface area contributed by atoms with Gasteiger partial charge in [0.15, 0.2) is 5.69 Å². The maximum atomic E-state index is 15.7. The number of aliphatic hydroxyl groups is 1. The molecule has 4 aromatic rings. The Hall–Kier alpha value is -3.86. The molecule has 5 rings (SSSR count). The van der Waals surface area contributed by atoms with E-state index in [-0.39, 0.29) is 37.4 Å². The highest BCUT2D eigenvalue weighted by atomic mass is 19.1. The second-order valence-electron chi connectivity index (χ2n) is 8.60. The lowest BCUT2D eigenvalue weighted by Gasteiger charge is -2.28. The number of benzene rings is 2. The number of hydrogen-bond donors (Lipinski definition) is 2. The van der Waals surface area contributed by atoms with Crippen molar-refractivity contribution in [2.45, 2.75) is 19.1 Å². The van der Waals surface area contributed by atoms with E-state index in [1.165, 1.54) is 15.6 Å². The van der Waals surface area contributed by atoms with Crippen LogP contribution in [0, 0.1) is 5.82 Å². The van der Waals surface area contributed by atoms with Crippen LogP contribution in [0.2, 0.25) is 0 Å². The largest absolute Gasteiger partial charge is 0.390 e. The van der Waals surface area contributed by atoms with Gasteiger partial charge >= 0.3 is 0 Å². The summed E-state index contributed by atoms with van der Waals surface area (Å²) in [7, 11) is 1.62. The summed E-state index contributed by atoms with van der Waals surface area (Å²) in [6.45, 7) is -1.34. The first-order valence-corrected chi connectivity index (χ1v) is 11.6. The highest BCUT2D eigenvalue weighted by Gasteiger charge is 2.44. The number of rotatable bonds is 9. The Morgan fingerprint density at radius 2 is 1.97 bits per heavy atom. The number of anilines is 2. The molecule has 1 aliphatic rings. The Balaban J connectivity index is 1.63. The molecule has 0 radical (unpaired) electrons. The molecule has 1 atom stereocenters. The van der Waals surface area contributed by atoms with Crippen LogP contribution >= 0.6 is 0 Å². The lowest BCUT2D eigenvalue weighted by Crippen LogP contribution is -2.31. The number of aromatic nitrogens is 4. The van der Waals surface area contributed by atoms with Crippen LogP contribution in [0.3, 0.4) is 0 Å². The van der Waals surface area contributed by atoms with E-state index < -0.39 is 31.1 Å². The van der Waals surface area contributed by atoms with Gasteiger partial charge < -0.3 is 15.0 Å². The summed E-state index contributed by atoms with van der Waals surface area (Å²) in [6, 6.07) is 8.81. The van der Waals surface area contributed by atoms with Gasteiger partial charge in [-0.3, -0.25) is 18.8 Å². The summed E-state index contributed by atoms with van der Waals surface area (Å²) in [5.41, 5.74) is 3.52. The molecular formula is C25H25F3N6O2. The first kappa shape index (κ1) is 23.9. The van der Waals surface area contributed by atoms with Crippen LogP contribution < -0.4 is 9.80 Å². The van der Waals surface area contributed by atoms with Crippen LogP contribution in [0.1, 0.15) is 39.8 Å². The van der Waals surface area contributed by atoms with E-state index in [1.807, 2.05) is 0 Å². The summed E-state index contributed by atoms with van der Waals surface area (Å²) in [5.74, 6) is -1.03. The monoisotopic (exact) mass is 498 g/mol. The van der Waals surface area contributed by atoms with Gasteiger partial charge in [-0.1, -0.05) is 6.07 Å². The first-order chi connectivity index (χ1) is 17.5. The van der Waals surface area contributed by atoms with Crippen molar-refractivity contribution in [1.29, 1.82) is 0 Å². The second-order valence-corrected chi connectivity index (χ2v) is 8.60. The third kappa shape index (κ3) is 3.89. The fourth-order valence-corrected chi connectivity index (χ4v) is 4.86. The molecule has 2 aromatic carbocycles. The van der Waals surface area contributed by atoms with E-state index in [1.54, 1.807) is 48.6 Å². The molecule has 188 valence electrons. The molecule has 0 fully saturated rings. The van der Waals surface area contributed by atoms with Gasteiger partial charge in [-0.2, -0.15) is 5.10 Å². The van der Waals surface area contributed by atoms with Gasteiger partial charge in [0.25, 0.3) is 5.91 Å². The number of fused-ring (bicyclic) bond motifs is 2. The van der Waals surface area contributed by atoms with E-state index in [2.05, 4.69) is 15.1 Å². The number of H-pyrrole nitrogens is 1. The molecule has 1 unspecified atom stereocenters. The lowest BCUT2D eigenvalue weighted by atomic mass is 9.97.